The summed E-state index contributed by atoms with van der Waals surface area (Å²) in [5, 5.41) is 13.1. The highest BCUT2D eigenvalue weighted by atomic mass is 19.1. The van der Waals surface area contributed by atoms with Gasteiger partial charge in [-0.3, -0.25) is 9.69 Å². The van der Waals surface area contributed by atoms with Crippen molar-refractivity contribution >= 4 is 29.6 Å². The van der Waals surface area contributed by atoms with Crippen molar-refractivity contribution in [2.45, 2.75) is 79.9 Å². The number of nitrogens with one attached hydrogen (secondary N) is 4. The number of hydrogen-bond acceptors (Lipinski definition) is 7. The van der Waals surface area contributed by atoms with Crippen LogP contribution in [0.1, 0.15) is 71.6 Å². The van der Waals surface area contributed by atoms with Crippen LogP contribution in [0.5, 0.6) is 0 Å². The molecule has 0 spiro atoms. The lowest BCUT2D eigenvalue weighted by molar-refractivity contribution is -0.106. The fourth-order valence-electron chi connectivity index (χ4n) is 4.49. The normalized spacial score (nSPS) is 11.1. The van der Waals surface area contributed by atoms with Crippen molar-refractivity contribution in [2.24, 2.45) is 0 Å². The number of amides is 1. The van der Waals surface area contributed by atoms with Gasteiger partial charge in [0.25, 0.3) is 0 Å². The second-order valence-electron chi connectivity index (χ2n) is 11.5. The predicted octanol–water partition coefficient (Wildman–Crippen LogP) is 6.93. The van der Waals surface area contributed by atoms with Crippen LogP contribution in [0.3, 0.4) is 0 Å². The molecular weight excluding hydrogens is 560 g/mol. The van der Waals surface area contributed by atoms with E-state index in [9.17, 15) is 13.6 Å². The average molecular weight is 610 g/mol. The Bertz CT molecular complexity index is 1380. The second kappa shape index (κ2) is 16.8. The quantitative estimate of drug-likeness (QED) is 0.116. The van der Waals surface area contributed by atoms with Crippen LogP contribution in [0, 0.1) is 18.6 Å². The lowest BCUT2D eigenvalue weighted by atomic mass is 9.97. The minimum absolute atomic E-state index is 0.0170. The van der Waals surface area contributed by atoms with Crippen molar-refractivity contribution in [3.63, 3.8) is 0 Å². The number of carbonyl (C=O) groups excluding carboxylic acids is 1. The molecule has 44 heavy (non-hydrogen) atoms. The molecular formula is C34H49F2N7O. The van der Waals surface area contributed by atoms with Gasteiger partial charge in [0, 0.05) is 41.5 Å². The lowest BCUT2D eigenvalue weighted by Gasteiger charge is -2.24. The third kappa shape index (κ3) is 9.82. The van der Waals surface area contributed by atoms with E-state index in [0.29, 0.717) is 24.2 Å². The summed E-state index contributed by atoms with van der Waals surface area (Å²) >= 11 is 0. The van der Waals surface area contributed by atoms with Gasteiger partial charge in [0.05, 0.1) is 5.69 Å². The first-order valence-corrected chi connectivity index (χ1v) is 15.2. The molecule has 3 rings (SSSR count). The summed E-state index contributed by atoms with van der Waals surface area (Å²) in [6.45, 7) is 22.0. The molecule has 10 heteroatoms. The number of nitrogens with zero attached hydrogens (tertiary/aromatic N) is 3. The van der Waals surface area contributed by atoms with E-state index in [0.717, 1.165) is 52.4 Å². The summed E-state index contributed by atoms with van der Waals surface area (Å²) in [6, 6.07) is 9.58. The molecule has 0 bridgehead atoms. The third-order valence-corrected chi connectivity index (χ3v) is 6.45. The zero-order valence-corrected chi connectivity index (χ0v) is 27.7. The maximum Gasteiger partial charge on any atom is 0.225 e. The zero-order chi connectivity index (χ0) is 33.0. The highest BCUT2D eigenvalue weighted by Gasteiger charge is 2.26. The van der Waals surface area contributed by atoms with E-state index < -0.39 is 17.3 Å². The third-order valence-electron chi connectivity index (χ3n) is 6.45. The molecule has 1 heterocycles. The number of rotatable bonds is 14. The number of halogens is 2. The maximum absolute atomic E-state index is 15.0. The van der Waals surface area contributed by atoms with Crippen molar-refractivity contribution in [3.05, 3.63) is 71.3 Å². The number of anilines is 3. The first-order valence-electron chi connectivity index (χ1n) is 15.2. The van der Waals surface area contributed by atoms with Crippen LogP contribution >= 0.6 is 0 Å². The molecule has 0 unspecified atom stereocenters. The van der Waals surface area contributed by atoms with Crippen LogP contribution in [0.4, 0.5) is 26.2 Å². The van der Waals surface area contributed by atoms with Gasteiger partial charge in [-0.05, 0) is 90.9 Å². The zero-order valence-electron chi connectivity index (χ0n) is 27.7. The molecule has 0 aliphatic rings. The second-order valence-corrected chi connectivity index (χ2v) is 11.5. The smallest absolute Gasteiger partial charge is 0.225 e. The van der Waals surface area contributed by atoms with Crippen molar-refractivity contribution in [1.82, 2.24) is 25.9 Å². The maximum atomic E-state index is 15.0. The molecule has 0 saturated carbocycles. The number of aryl methyl sites for hydroxylation is 1. The fraction of sp³-hybridized carbons (Fsp3) is 0.441. The Morgan fingerprint density at radius 2 is 1.73 bits per heavy atom. The monoisotopic (exact) mass is 609 g/mol. The van der Waals surface area contributed by atoms with Gasteiger partial charge in [0.15, 0.2) is 5.82 Å². The van der Waals surface area contributed by atoms with Gasteiger partial charge >= 0.3 is 0 Å². The minimum atomic E-state index is -0.880. The Balaban J connectivity index is 0.00000330. The number of carbonyl (C=O) groups is 1. The van der Waals surface area contributed by atoms with E-state index in [1.54, 1.807) is 7.05 Å². The van der Waals surface area contributed by atoms with Crippen LogP contribution in [0.2, 0.25) is 0 Å². The first kappa shape index (κ1) is 36.3. The van der Waals surface area contributed by atoms with Crippen LogP contribution in [0.15, 0.2) is 43.0 Å². The number of hydrogen-bond donors (Lipinski definition) is 4. The molecule has 0 aliphatic heterocycles. The van der Waals surface area contributed by atoms with E-state index in [2.05, 4.69) is 53.6 Å². The van der Waals surface area contributed by atoms with E-state index in [-0.39, 0.29) is 29.9 Å². The molecule has 3 aromatic rings. The number of benzene rings is 2. The standard InChI is InChI=1S/C32H43F2N7O.C2H6/c1-20(2)38-22(4)23-14-13-21(3)24(17-23)28-25(18-35-8)30(41(19-42)29-26(33)11-9-12-27(29)34)40-31(39-28)36-15-10-16-37-32(5,6)7;1-2/h9,11-14,17,19-20,35,37-38H,4,10,15-16,18H2,1-3,5-8H3,(H,36,39,40);1-2H3. The van der Waals surface area contributed by atoms with Crippen molar-refractivity contribution in [1.29, 1.82) is 0 Å². The summed E-state index contributed by atoms with van der Waals surface area (Å²) < 4.78 is 29.9. The van der Waals surface area contributed by atoms with Crippen LogP contribution in [-0.4, -0.2) is 48.1 Å². The van der Waals surface area contributed by atoms with E-state index >= 15 is 0 Å². The Hall–Kier alpha value is -3.89. The Labute approximate surface area is 261 Å². The Morgan fingerprint density at radius 1 is 1.07 bits per heavy atom. The summed E-state index contributed by atoms with van der Waals surface area (Å²) in [5.74, 6) is -1.44. The molecule has 0 fully saturated rings. The van der Waals surface area contributed by atoms with Gasteiger partial charge in [-0.25, -0.2) is 13.8 Å². The molecule has 1 aromatic heterocycles. The molecule has 0 aliphatic carbocycles. The number of para-hydroxylation sites is 1. The topological polar surface area (TPSA) is 94.2 Å². The van der Waals surface area contributed by atoms with Gasteiger partial charge in [0.1, 0.15) is 17.3 Å². The van der Waals surface area contributed by atoms with E-state index in [4.69, 9.17) is 4.98 Å². The minimum Gasteiger partial charge on any atom is -0.383 e. The Kier molecular flexibility index (Phi) is 13.9. The summed E-state index contributed by atoms with van der Waals surface area (Å²) in [5.41, 5.74) is 3.85. The summed E-state index contributed by atoms with van der Waals surface area (Å²) in [4.78, 5) is 22.9. The summed E-state index contributed by atoms with van der Waals surface area (Å²) in [6.07, 6.45) is 1.15. The largest absolute Gasteiger partial charge is 0.383 e. The highest BCUT2D eigenvalue weighted by Crippen LogP contribution is 2.37. The molecule has 2 aromatic carbocycles. The molecule has 0 saturated heterocycles. The van der Waals surface area contributed by atoms with Gasteiger partial charge in [0.2, 0.25) is 12.4 Å². The predicted molar refractivity (Wildman–Crippen MR) is 179 cm³/mol. The molecule has 240 valence electrons. The van der Waals surface area contributed by atoms with Crippen LogP contribution < -0.4 is 26.2 Å². The molecule has 1 amide bonds. The van der Waals surface area contributed by atoms with Gasteiger partial charge in [-0.15, -0.1) is 0 Å². The molecule has 8 nitrogen and oxygen atoms in total. The average Bonchev–Trinajstić information content (AvgIpc) is 2.96. The first-order chi connectivity index (χ1) is 20.9. The number of aromatic nitrogens is 2. The van der Waals surface area contributed by atoms with Crippen molar-refractivity contribution < 1.29 is 13.6 Å². The lowest BCUT2D eigenvalue weighted by Crippen LogP contribution is -2.37. The van der Waals surface area contributed by atoms with Gasteiger partial charge < -0.3 is 21.3 Å². The van der Waals surface area contributed by atoms with Crippen LogP contribution in [0.25, 0.3) is 17.0 Å². The van der Waals surface area contributed by atoms with Crippen molar-refractivity contribution in [2.75, 3.05) is 30.4 Å². The van der Waals surface area contributed by atoms with Crippen LogP contribution in [-0.2, 0) is 11.3 Å². The van der Waals surface area contributed by atoms with Crippen molar-refractivity contribution in [3.8, 4) is 11.3 Å². The fourth-order valence-corrected chi connectivity index (χ4v) is 4.49. The van der Waals surface area contributed by atoms with E-state index in [1.807, 2.05) is 52.8 Å². The summed E-state index contributed by atoms with van der Waals surface area (Å²) in [7, 11) is 1.74. The Morgan fingerprint density at radius 3 is 2.30 bits per heavy atom. The van der Waals surface area contributed by atoms with E-state index in [1.165, 1.54) is 6.07 Å². The molecule has 4 N–H and O–H groups in total. The highest BCUT2D eigenvalue weighted by molar-refractivity contribution is 5.89. The SMILES string of the molecule is C=C(NC(C)C)c1ccc(C)c(-c2nc(NCCCNC(C)(C)C)nc(N(C=O)c3c(F)cccc3F)c2CNC)c1.CC. The molecule has 0 radical (unpaired) electrons. The van der Waals surface area contributed by atoms with Gasteiger partial charge in [-0.2, -0.15) is 4.98 Å². The molecule has 0 atom stereocenters. The van der Waals surface area contributed by atoms with Gasteiger partial charge in [-0.1, -0.05) is 38.6 Å².